The largest absolute Gasteiger partial charge is 0.492 e. The number of amides is 3. The number of hydrogen-bond donors (Lipinski definition) is 3. The molecule has 2 aromatic carbocycles. The molecule has 1 aliphatic heterocycles. The number of esters is 1. The van der Waals surface area contributed by atoms with Crippen LogP contribution in [0.25, 0.3) is 16.5 Å². The van der Waals surface area contributed by atoms with E-state index < -0.39 is 24.2 Å². The molecule has 46 heavy (non-hydrogen) atoms. The van der Waals surface area contributed by atoms with Gasteiger partial charge >= 0.3 is 18.1 Å². The number of nitrogens with one attached hydrogen (secondary N) is 2. The van der Waals surface area contributed by atoms with Crippen LogP contribution in [0.4, 0.5) is 21.1 Å². The van der Waals surface area contributed by atoms with Gasteiger partial charge < -0.3 is 30.0 Å². The van der Waals surface area contributed by atoms with Gasteiger partial charge in [0.2, 0.25) is 5.88 Å². The van der Waals surface area contributed by atoms with E-state index in [1.54, 1.807) is 36.2 Å². The van der Waals surface area contributed by atoms with Crippen molar-refractivity contribution in [3.63, 3.8) is 0 Å². The monoisotopic (exact) mass is 631 g/mol. The van der Waals surface area contributed by atoms with Crippen molar-refractivity contribution in [2.45, 2.75) is 32.3 Å². The third-order valence-corrected chi connectivity index (χ3v) is 7.31. The summed E-state index contributed by atoms with van der Waals surface area (Å²) >= 11 is 0. The zero-order chi connectivity index (χ0) is 32.8. The predicted octanol–water partition coefficient (Wildman–Crippen LogP) is 4.07. The van der Waals surface area contributed by atoms with Crippen LogP contribution in [0, 0.1) is 0 Å². The number of nitrogens with zero attached hydrogens (tertiary/aromatic N) is 4. The molecule has 242 valence electrons. The topological polar surface area (TPSA) is 172 Å². The van der Waals surface area contributed by atoms with Crippen molar-refractivity contribution in [3.05, 3.63) is 66.5 Å². The molecule has 0 saturated carbocycles. The summed E-state index contributed by atoms with van der Waals surface area (Å²) in [6, 6.07) is 16.1. The molecule has 4 aromatic rings. The van der Waals surface area contributed by atoms with Gasteiger partial charge in [-0.1, -0.05) is 45.0 Å². The van der Waals surface area contributed by atoms with Gasteiger partial charge in [-0.15, -0.1) is 0 Å². The van der Waals surface area contributed by atoms with Gasteiger partial charge in [-0.25, -0.2) is 24.0 Å². The van der Waals surface area contributed by atoms with Crippen LogP contribution in [-0.4, -0.2) is 83.8 Å². The van der Waals surface area contributed by atoms with E-state index in [1.807, 2.05) is 62.1 Å². The number of anilines is 2. The van der Waals surface area contributed by atoms with E-state index in [2.05, 4.69) is 20.4 Å². The van der Waals surface area contributed by atoms with E-state index in [4.69, 9.17) is 25.0 Å². The highest BCUT2D eigenvalue weighted by Gasteiger charge is 2.29. The Kier molecular flexibility index (Phi) is 9.68. The molecule has 2 aromatic heterocycles. The van der Waals surface area contributed by atoms with Gasteiger partial charge in [0.15, 0.2) is 6.10 Å². The number of nitrogens with two attached hydrogens (primary N) is 1. The molecule has 3 heterocycles. The van der Waals surface area contributed by atoms with Crippen LogP contribution < -0.4 is 25.8 Å². The average molecular weight is 632 g/mol. The van der Waals surface area contributed by atoms with Gasteiger partial charge in [-0.2, -0.15) is 5.10 Å². The number of pyridine rings is 1. The van der Waals surface area contributed by atoms with Gasteiger partial charge in [-0.05, 0) is 18.2 Å². The first-order chi connectivity index (χ1) is 22.0. The third-order valence-electron chi connectivity index (χ3n) is 7.31. The number of fused-ring (bicyclic) bond motifs is 1. The predicted molar refractivity (Wildman–Crippen MR) is 171 cm³/mol. The second-order valence-corrected chi connectivity index (χ2v) is 11.6. The number of ether oxygens (including phenoxy) is 4. The molecule has 3 amide bonds. The van der Waals surface area contributed by atoms with Crippen molar-refractivity contribution in [2.75, 3.05) is 50.6 Å². The quantitative estimate of drug-likeness (QED) is 0.181. The summed E-state index contributed by atoms with van der Waals surface area (Å²) in [5.74, 6) is 0.774. The number of rotatable bonds is 9. The van der Waals surface area contributed by atoms with Crippen LogP contribution in [0.5, 0.6) is 11.6 Å². The van der Waals surface area contributed by atoms with Crippen molar-refractivity contribution < 1.29 is 33.3 Å². The number of aromatic nitrogens is 3. The standard InChI is InChI=1S/C32H37N7O7/c1-32(2,3)26-17-27(39(37-26)20-9-12-28(43-4)34-18-20)36-31(42)35-23-10-11-24(22-8-6-5-7-21(22)23)44-15-13-38-14-16-45-25(19-38)29(40)46-30(33)41/h5-12,17-18,25H,13-16,19H2,1-4H3,(H2,33,41)(H2,35,36,42). The molecule has 14 heteroatoms. The van der Waals surface area contributed by atoms with Gasteiger partial charge in [0.1, 0.15) is 18.2 Å². The second kappa shape index (κ2) is 13.8. The van der Waals surface area contributed by atoms with E-state index in [1.165, 1.54) is 0 Å². The van der Waals surface area contributed by atoms with Crippen molar-refractivity contribution in [3.8, 4) is 17.3 Å². The van der Waals surface area contributed by atoms with E-state index in [9.17, 15) is 14.4 Å². The Labute approximate surface area is 265 Å². The lowest BCUT2D eigenvalue weighted by Crippen LogP contribution is -2.48. The maximum Gasteiger partial charge on any atom is 0.412 e. The van der Waals surface area contributed by atoms with E-state index in [0.717, 1.165) is 16.5 Å². The highest BCUT2D eigenvalue weighted by molar-refractivity contribution is 6.07. The van der Waals surface area contributed by atoms with Crippen LogP contribution in [0.2, 0.25) is 0 Å². The van der Waals surface area contributed by atoms with Crippen LogP contribution in [0.15, 0.2) is 60.8 Å². The van der Waals surface area contributed by atoms with E-state index in [-0.39, 0.29) is 12.0 Å². The highest BCUT2D eigenvalue weighted by Crippen LogP contribution is 2.32. The van der Waals surface area contributed by atoms with Crippen LogP contribution in [-0.2, 0) is 19.7 Å². The minimum Gasteiger partial charge on any atom is -0.492 e. The minimum atomic E-state index is -1.16. The van der Waals surface area contributed by atoms with Gasteiger partial charge in [0.25, 0.3) is 0 Å². The van der Waals surface area contributed by atoms with Gasteiger partial charge in [0.05, 0.1) is 37.0 Å². The van der Waals surface area contributed by atoms with E-state index >= 15 is 0 Å². The van der Waals surface area contributed by atoms with Crippen molar-refractivity contribution >= 4 is 40.4 Å². The van der Waals surface area contributed by atoms with Crippen molar-refractivity contribution in [2.24, 2.45) is 5.73 Å². The molecular weight excluding hydrogens is 594 g/mol. The highest BCUT2D eigenvalue weighted by atomic mass is 16.6. The normalized spacial score (nSPS) is 15.3. The van der Waals surface area contributed by atoms with Crippen LogP contribution >= 0.6 is 0 Å². The number of methoxy groups -OCH3 is 1. The lowest BCUT2D eigenvalue weighted by atomic mass is 9.92. The molecule has 1 fully saturated rings. The summed E-state index contributed by atoms with van der Waals surface area (Å²) in [5, 5.41) is 12.2. The summed E-state index contributed by atoms with van der Waals surface area (Å²) in [5.41, 5.74) is 6.73. The molecule has 0 radical (unpaired) electrons. The number of carbonyl (C=O) groups is 3. The SMILES string of the molecule is COc1ccc(-n2nc(C(C)(C)C)cc2NC(=O)Nc2ccc(OCCN3CCOC(C(=O)OC(N)=O)C3)c3ccccc23)cn1. The Bertz CT molecular complexity index is 1720. The molecule has 0 spiro atoms. The summed E-state index contributed by atoms with van der Waals surface area (Å²) in [6.45, 7) is 8.12. The fourth-order valence-corrected chi connectivity index (χ4v) is 4.93. The molecule has 1 aliphatic rings. The maximum absolute atomic E-state index is 13.3. The number of benzene rings is 2. The molecule has 0 bridgehead atoms. The molecule has 14 nitrogen and oxygen atoms in total. The number of urea groups is 1. The first kappa shape index (κ1) is 32.2. The molecule has 0 aliphatic carbocycles. The first-order valence-corrected chi connectivity index (χ1v) is 14.7. The summed E-state index contributed by atoms with van der Waals surface area (Å²) in [6.07, 6.45) is -0.433. The van der Waals surface area contributed by atoms with Crippen molar-refractivity contribution in [1.82, 2.24) is 19.7 Å². The van der Waals surface area contributed by atoms with Crippen molar-refractivity contribution in [1.29, 1.82) is 0 Å². The first-order valence-electron chi connectivity index (χ1n) is 14.7. The Morgan fingerprint density at radius 2 is 1.85 bits per heavy atom. The van der Waals surface area contributed by atoms with Crippen LogP contribution in [0.3, 0.4) is 0 Å². The Morgan fingerprint density at radius 1 is 1.07 bits per heavy atom. The van der Waals surface area contributed by atoms with Gasteiger partial charge in [-0.3, -0.25) is 10.2 Å². The molecule has 1 saturated heterocycles. The maximum atomic E-state index is 13.3. The Morgan fingerprint density at radius 3 is 2.54 bits per heavy atom. The number of primary amides is 1. The summed E-state index contributed by atoms with van der Waals surface area (Å²) < 4.78 is 22.8. The van der Waals surface area contributed by atoms with Gasteiger partial charge in [0, 0.05) is 48.0 Å². The lowest BCUT2D eigenvalue weighted by molar-refractivity contribution is -0.156. The van der Waals surface area contributed by atoms with E-state index in [0.29, 0.717) is 55.1 Å². The number of hydrogen-bond acceptors (Lipinski definition) is 10. The molecule has 4 N–H and O–H groups in total. The zero-order valence-corrected chi connectivity index (χ0v) is 26.1. The zero-order valence-electron chi connectivity index (χ0n) is 26.1. The molecule has 1 atom stereocenters. The Hall–Kier alpha value is -5.21. The van der Waals surface area contributed by atoms with Crippen LogP contribution in [0.1, 0.15) is 26.5 Å². The Balaban J connectivity index is 1.27. The number of morpholine rings is 1. The fourth-order valence-electron chi connectivity index (χ4n) is 4.93. The molecule has 1 unspecified atom stereocenters. The number of carbonyl (C=O) groups excluding carboxylic acids is 3. The molecular formula is C32H37N7O7. The lowest BCUT2D eigenvalue weighted by Gasteiger charge is -2.31. The third kappa shape index (κ3) is 7.71. The average Bonchev–Trinajstić information content (AvgIpc) is 3.46. The minimum absolute atomic E-state index is 0.249. The second-order valence-electron chi connectivity index (χ2n) is 11.6. The summed E-state index contributed by atoms with van der Waals surface area (Å²) in [7, 11) is 1.55. The molecule has 5 rings (SSSR count). The smallest absolute Gasteiger partial charge is 0.412 e. The fraction of sp³-hybridized carbons (Fsp3) is 0.344. The summed E-state index contributed by atoms with van der Waals surface area (Å²) in [4.78, 5) is 42.5.